The van der Waals surface area contributed by atoms with Crippen LogP contribution in [0.4, 0.5) is 0 Å². The molecule has 6 heteroatoms. The average Bonchev–Trinajstić information content (AvgIpc) is 3.54. The minimum absolute atomic E-state index is 0.636. The van der Waals surface area contributed by atoms with E-state index < -0.39 is 0 Å². The van der Waals surface area contributed by atoms with Gasteiger partial charge >= 0.3 is 0 Å². The van der Waals surface area contributed by atoms with Gasteiger partial charge in [-0.1, -0.05) is 115 Å². The smallest absolute Gasteiger partial charge is 0.164 e. The standard InChI is InChI=1S/C41H25N5S/c1-3-10-27(11-4-1)39-44-40(28-12-5-2-6-13-28)46-41(45-39)29-20-18-26(19-21-29)30-15-9-16-34-31(30)22-23-35(43-34)37-38-33(24-25-42-37)32-14-7-8-17-36(32)47-38/h1-25H. The highest BCUT2D eigenvalue weighted by molar-refractivity contribution is 7.26. The summed E-state index contributed by atoms with van der Waals surface area (Å²) < 4.78 is 2.42. The monoisotopic (exact) mass is 619 g/mol. The van der Waals surface area contributed by atoms with Gasteiger partial charge in [0.25, 0.3) is 0 Å². The van der Waals surface area contributed by atoms with E-state index in [0.29, 0.717) is 17.5 Å². The maximum atomic E-state index is 5.11. The maximum Gasteiger partial charge on any atom is 0.164 e. The summed E-state index contributed by atoms with van der Waals surface area (Å²) in [6, 6.07) is 49.7. The van der Waals surface area contributed by atoms with Crippen LogP contribution in [-0.2, 0) is 0 Å². The van der Waals surface area contributed by atoms with Gasteiger partial charge in [-0.2, -0.15) is 0 Å². The summed E-state index contributed by atoms with van der Waals surface area (Å²) in [6.45, 7) is 0. The third kappa shape index (κ3) is 4.92. The Kier molecular flexibility index (Phi) is 6.58. The van der Waals surface area contributed by atoms with E-state index in [2.05, 4.69) is 84.9 Å². The molecule has 5 aromatic carbocycles. The molecule has 0 spiro atoms. The van der Waals surface area contributed by atoms with Crippen molar-refractivity contribution in [2.24, 2.45) is 0 Å². The molecule has 0 saturated heterocycles. The highest BCUT2D eigenvalue weighted by atomic mass is 32.1. The fourth-order valence-electron chi connectivity index (χ4n) is 6.11. The Bertz CT molecular complexity index is 2500. The summed E-state index contributed by atoms with van der Waals surface area (Å²) in [4.78, 5) is 24.5. The number of hydrogen-bond acceptors (Lipinski definition) is 6. The van der Waals surface area contributed by atoms with E-state index in [4.69, 9.17) is 24.9 Å². The first-order chi connectivity index (χ1) is 23.3. The summed E-state index contributed by atoms with van der Waals surface area (Å²) >= 11 is 1.77. The van der Waals surface area contributed by atoms with Crippen molar-refractivity contribution in [3.8, 4) is 56.7 Å². The third-order valence-electron chi connectivity index (χ3n) is 8.42. The predicted molar refractivity (Wildman–Crippen MR) is 193 cm³/mol. The Morgan fingerprint density at radius 2 is 1.02 bits per heavy atom. The number of pyridine rings is 2. The molecule has 4 heterocycles. The molecule has 0 unspecified atom stereocenters. The lowest BCUT2D eigenvalue weighted by atomic mass is 9.99. The highest BCUT2D eigenvalue weighted by Gasteiger charge is 2.15. The molecule has 47 heavy (non-hydrogen) atoms. The third-order valence-corrected chi connectivity index (χ3v) is 9.62. The molecule has 4 aromatic heterocycles. The zero-order valence-electron chi connectivity index (χ0n) is 25.1. The number of fused-ring (bicyclic) bond motifs is 4. The van der Waals surface area contributed by atoms with Crippen molar-refractivity contribution in [3.63, 3.8) is 0 Å². The van der Waals surface area contributed by atoms with Gasteiger partial charge in [-0.25, -0.2) is 19.9 Å². The Morgan fingerprint density at radius 1 is 0.404 bits per heavy atom. The average molecular weight is 620 g/mol. The van der Waals surface area contributed by atoms with Crippen LogP contribution in [0.1, 0.15) is 0 Å². The lowest BCUT2D eigenvalue weighted by molar-refractivity contribution is 1.07. The lowest BCUT2D eigenvalue weighted by Gasteiger charge is -2.10. The van der Waals surface area contributed by atoms with Crippen LogP contribution in [0, 0.1) is 0 Å². The van der Waals surface area contributed by atoms with Crippen LogP contribution >= 0.6 is 11.3 Å². The topological polar surface area (TPSA) is 64.5 Å². The van der Waals surface area contributed by atoms with Crippen LogP contribution in [0.3, 0.4) is 0 Å². The molecule has 0 atom stereocenters. The van der Waals surface area contributed by atoms with Crippen molar-refractivity contribution < 1.29 is 0 Å². The number of thiophene rings is 1. The molecule has 0 bridgehead atoms. The SMILES string of the molecule is c1ccc(-c2nc(-c3ccccc3)nc(-c3ccc(-c4cccc5nc(-c6nccc7c6sc6ccccc67)ccc45)cc3)n2)cc1. The number of rotatable bonds is 5. The molecule has 0 radical (unpaired) electrons. The zero-order chi connectivity index (χ0) is 31.2. The molecule has 5 nitrogen and oxygen atoms in total. The highest BCUT2D eigenvalue weighted by Crippen LogP contribution is 2.39. The number of benzene rings is 5. The molecular weight excluding hydrogens is 595 g/mol. The first-order valence-electron chi connectivity index (χ1n) is 15.4. The minimum Gasteiger partial charge on any atom is -0.253 e. The summed E-state index contributed by atoms with van der Waals surface area (Å²) in [5.74, 6) is 1.93. The minimum atomic E-state index is 0.636. The van der Waals surface area contributed by atoms with Crippen molar-refractivity contribution >= 4 is 42.4 Å². The van der Waals surface area contributed by atoms with Crippen molar-refractivity contribution in [3.05, 3.63) is 152 Å². The summed E-state index contributed by atoms with van der Waals surface area (Å²) in [6.07, 6.45) is 1.89. The van der Waals surface area contributed by atoms with Crippen molar-refractivity contribution in [1.29, 1.82) is 0 Å². The number of nitrogens with zero attached hydrogens (tertiary/aromatic N) is 5. The van der Waals surface area contributed by atoms with Crippen LogP contribution in [0.5, 0.6) is 0 Å². The molecular formula is C41H25N5S. The van der Waals surface area contributed by atoms with Gasteiger partial charge in [-0.05, 0) is 41.5 Å². The summed E-state index contributed by atoms with van der Waals surface area (Å²) in [5.41, 5.74) is 7.77. The molecule has 9 aromatic rings. The van der Waals surface area contributed by atoms with Gasteiger partial charge in [-0.15, -0.1) is 11.3 Å². The Labute approximate surface area is 275 Å². The van der Waals surface area contributed by atoms with Crippen molar-refractivity contribution in [1.82, 2.24) is 24.9 Å². The molecule has 0 aliphatic carbocycles. The zero-order valence-corrected chi connectivity index (χ0v) is 25.9. The Morgan fingerprint density at radius 3 is 1.72 bits per heavy atom. The van der Waals surface area contributed by atoms with Gasteiger partial charge in [0, 0.05) is 43.7 Å². The first kappa shape index (κ1) is 27.2. The van der Waals surface area contributed by atoms with Crippen LogP contribution < -0.4 is 0 Å². The van der Waals surface area contributed by atoms with E-state index >= 15 is 0 Å². The second kappa shape index (κ2) is 11.4. The van der Waals surface area contributed by atoms with Crippen LogP contribution in [-0.4, -0.2) is 24.9 Å². The largest absolute Gasteiger partial charge is 0.253 e. The van der Waals surface area contributed by atoms with Gasteiger partial charge in [-0.3, -0.25) is 4.98 Å². The van der Waals surface area contributed by atoms with Gasteiger partial charge in [0.1, 0.15) is 5.69 Å². The Balaban J connectivity index is 1.10. The molecule has 0 amide bonds. The van der Waals surface area contributed by atoms with E-state index in [-0.39, 0.29) is 0 Å². The van der Waals surface area contributed by atoms with E-state index in [0.717, 1.165) is 54.8 Å². The molecule has 0 fully saturated rings. The van der Waals surface area contributed by atoms with Gasteiger partial charge in [0.05, 0.1) is 15.9 Å². The quantitative estimate of drug-likeness (QED) is 0.192. The lowest BCUT2D eigenvalue weighted by Crippen LogP contribution is -2.00. The van der Waals surface area contributed by atoms with Crippen LogP contribution in [0.2, 0.25) is 0 Å². The first-order valence-corrected chi connectivity index (χ1v) is 16.2. The van der Waals surface area contributed by atoms with Crippen molar-refractivity contribution in [2.45, 2.75) is 0 Å². The van der Waals surface area contributed by atoms with Crippen molar-refractivity contribution in [2.75, 3.05) is 0 Å². The molecule has 9 rings (SSSR count). The fourth-order valence-corrected chi connectivity index (χ4v) is 7.31. The molecule has 0 aliphatic heterocycles. The molecule has 0 saturated carbocycles. The molecule has 220 valence electrons. The fraction of sp³-hybridized carbons (Fsp3) is 0. The van der Waals surface area contributed by atoms with Gasteiger partial charge < -0.3 is 0 Å². The van der Waals surface area contributed by atoms with E-state index in [9.17, 15) is 0 Å². The normalized spacial score (nSPS) is 11.4. The maximum absolute atomic E-state index is 5.11. The Hall–Kier alpha value is -6.11. The van der Waals surface area contributed by atoms with Gasteiger partial charge in [0.2, 0.25) is 0 Å². The number of hydrogen-bond donors (Lipinski definition) is 0. The number of aromatic nitrogens is 5. The van der Waals surface area contributed by atoms with E-state index in [1.54, 1.807) is 11.3 Å². The van der Waals surface area contributed by atoms with E-state index in [1.165, 1.54) is 15.5 Å². The van der Waals surface area contributed by atoms with Gasteiger partial charge in [0.15, 0.2) is 17.5 Å². The van der Waals surface area contributed by atoms with Crippen LogP contribution in [0.15, 0.2) is 152 Å². The second-order valence-corrected chi connectivity index (χ2v) is 12.4. The van der Waals surface area contributed by atoms with E-state index in [1.807, 2.05) is 66.9 Å². The van der Waals surface area contributed by atoms with Crippen LogP contribution in [0.25, 0.3) is 87.8 Å². The summed E-state index contributed by atoms with van der Waals surface area (Å²) in [5, 5.41) is 3.56. The summed E-state index contributed by atoms with van der Waals surface area (Å²) in [7, 11) is 0. The predicted octanol–water partition coefficient (Wildman–Crippen LogP) is 10.5. The second-order valence-electron chi connectivity index (χ2n) is 11.3. The molecule has 0 aliphatic rings. The molecule has 0 N–H and O–H groups in total.